The summed E-state index contributed by atoms with van der Waals surface area (Å²) < 4.78 is 35.0. The summed E-state index contributed by atoms with van der Waals surface area (Å²) in [5, 5.41) is 0.0419. The Bertz CT molecular complexity index is 432. The Morgan fingerprint density at radius 2 is 1.71 bits per heavy atom. The zero-order chi connectivity index (χ0) is 10.9. The standard InChI is InChI=1S/C7H6Cl2O4S/c1-13-7-5(8)2-4(3-6(7)9)14(10,11)12/h2-3H,1H3,(H,10,11,12). The molecule has 1 aromatic carbocycles. The van der Waals surface area contributed by atoms with Gasteiger partial charge in [-0.1, -0.05) is 23.2 Å². The molecule has 1 aromatic rings. The van der Waals surface area contributed by atoms with Crippen LogP contribution in [0.4, 0.5) is 0 Å². The molecule has 7 heteroatoms. The SMILES string of the molecule is COc1c(Cl)cc(S(=O)(=O)O)cc1Cl. The first-order valence-electron chi connectivity index (χ1n) is 3.37. The second kappa shape index (κ2) is 3.94. The van der Waals surface area contributed by atoms with E-state index in [9.17, 15) is 8.42 Å². The minimum absolute atomic E-state index is 0.0209. The fourth-order valence-corrected chi connectivity index (χ4v) is 2.18. The number of rotatable bonds is 2. The van der Waals surface area contributed by atoms with E-state index in [4.69, 9.17) is 32.5 Å². The van der Waals surface area contributed by atoms with Crippen molar-refractivity contribution in [2.75, 3.05) is 7.11 Å². The van der Waals surface area contributed by atoms with Crippen molar-refractivity contribution < 1.29 is 17.7 Å². The Hall–Kier alpha value is -0.490. The zero-order valence-electron chi connectivity index (χ0n) is 6.99. The summed E-state index contributed by atoms with van der Waals surface area (Å²) in [5.41, 5.74) is 0. The molecule has 0 amide bonds. The van der Waals surface area contributed by atoms with E-state index in [1.165, 1.54) is 7.11 Å². The van der Waals surface area contributed by atoms with E-state index in [-0.39, 0.29) is 20.7 Å². The molecule has 0 saturated heterocycles. The fraction of sp³-hybridized carbons (Fsp3) is 0.143. The van der Waals surface area contributed by atoms with E-state index in [0.29, 0.717) is 0 Å². The molecule has 14 heavy (non-hydrogen) atoms. The van der Waals surface area contributed by atoms with E-state index in [2.05, 4.69) is 0 Å². The van der Waals surface area contributed by atoms with Crippen molar-refractivity contribution in [1.82, 2.24) is 0 Å². The van der Waals surface area contributed by atoms with Gasteiger partial charge >= 0.3 is 0 Å². The van der Waals surface area contributed by atoms with Crippen molar-refractivity contribution in [3.05, 3.63) is 22.2 Å². The smallest absolute Gasteiger partial charge is 0.294 e. The molecule has 78 valence electrons. The van der Waals surface area contributed by atoms with Gasteiger partial charge in [0.2, 0.25) is 0 Å². The summed E-state index contributed by atoms with van der Waals surface area (Å²) in [5.74, 6) is 0.167. The van der Waals surface area contributed by atoms with Gasteiger partial charge in [-0.15, -0.1) is 0 Å². The lowest BCUT2D eigenvalue weighted by Gasteiger charge is -2.06. The Morgan fingerprint density at radius 1 is 1.29 bits per heavy atom. The van der Waals surface area contributed by atoms with Gasteiger partial charge in [0.05, 0.1) is 22.1 Å². The Kier molecular flexibility index (Phi) is 3.26. The quantitative estimate of drug-likeness (QED) is 0.825. The molecule has 1 N–H and O–H groups in total. The highest BCUT2D eigenvalue weighted by Crippen LogP contribution is 2.34. The van der Waals surface area contributed by atoms with E-state index in [1.807, 2.05) is 0 Å². The molecule has 0 bridgehead atoms. The number of halogens is 2. The predicted octanol–water partition coefficient (Wildman–Crippen LogP) is 2.25. The topological polar surface area (TPSA) is 63.6 Å². The number of hydrogen-bond acceptors (Lipinski definition) is 3. The molecular formula is C7H6Cl2O4S. The third kappa shape index (κ3) is 2.30. The van der Waals surface area contributed by atoms with Gasteiger partial charge in [0, 0.05) is 0 Å². The van der Waals surface area contributed by atoms with Crippen LogP contribution in [0.25, 0.3) is 0 Å². The highest BCUT2D eigenvalue weighted by atomic mass is 35.5. The van der Waals surface area contributed by atoms with Crippen molar-refractivity contribution in [1.29, 1.82) is 0 Å². The van der Waals surface area contributed by atoms with Crippen LogP contribution in [0.2, 0.25) is 10.0 Å². The third-order valence-electron chi connectivity index (χ3n) is 1.47. The molecule has 0 aliphatic heterocycles. The largest absolute Gasteiger partial charge is 0.494 e. The molecule has 0 aliphatic rings. The fourth-order valence-electron chi connectivity index (χ4n) is 0.881. The average molecular weight is 257 g/mol. The van der Waals surface area contributed by atoms with E-state index < -0.39 is 10.1 Å². The summed E-state index contributed by atoms with van der Waals surface area (Å²) in [7, 11) is -2.95. The van der Waals surface area contributed by atoms with E-state index in [1.54, 1.807) is 0 Å². The van der Waals surface area contributed by atoms with Crippen LogP contribution in [0.1, 0.15) is 0 Å². The van der Waals surface area contributed by atoms with Gasteiger partial charge in [0.15, 0.2) is 5.75 Å². The van der Waals surface area contributed by atoms with Gasteiger partial charge in [0.1, 0.15) is 0 Å². The summed E-state index contributed by atoms with van der Waals surface area (Å²) in [6, 6.07) is 2.11. The number of ether oxygens (including phenoxy) is 1. The number of methoxy groups -OCH3 is 1. The molecule has 0 radical (unpaired) electrons. The van der Waals surface area contributed by atoms with Gasteiger partial charge in [-0.2, -0.15) is 8.42 Å². The molecular weight excluding hydrogens is 251 g/mol. The molecule has 0 heterocycles. The Morgan fingerprint density at radius 3 is 2.00 bits per heavy atom. The average Bonchev–Trinajstić information content (AvgIpc) is 2.01. The lowest BCUT2D eigenvalue weighted by atomic mass is 10.3. The van der Waals surface area contributed by atoms with Crippen LogP contribution >= 0.6 is 23.2 Å². The molecule has 4 nitrogen and oxygen atoms in total. The van der Waals surface area contributed by atoms with Gasteiger partial charge < -0.3 is 4.74 Å². The molecule has 1 rings (SSSR count). The molecule has 0 fully saturated rings. The first kappa shape index (κ1) is 11.6. The summed E-state index contributed by atoms with van der Waals surface area (Å²) in [4.78, 5) is -0.367. The molecule has 0 aromatic heterocycles. The van der Waals surface area contributed by atoms with Crippen LogP contribution in [-0.2, 0) is 10.1 Å². The maximum absolute atomic E-state index is 10.7. The first-order chi connectivity index (χ1) is 6.36. The lowest BCUT2D eigenvalue weighted by molar-refractivity contribution is 0.414. The van der Waals surface area contributed by atoms with Crippen LogP contribution < -0.4 is 4.74 Å². The molecule has 0 aliphatic carbocycles. The first-order valence-corrected chi connectivity index (χ1v) is 5.56. The zero-order valence-corrected chi connectivity index (χ0v) is 9.32. The normalized spacial score (nSPS) is 11.4. The summed E-state index contributed by atoms with van der Waals surface area (Å²) >= 11 is 11.3. The van der Waals surface area contributed by atoms with Crippen LogP contribution in [-0.4, -0.2) is 20.1 Å². The number of benzene rings is 1. The van der Waals surface area contributed by atoms with Crippen molar-refractivity contribution in [2.45, 2.75) is 4.90 Å². The second-order valence-electron chi connectivity index (χ2n) is 2.40. The van der Waals surface area contributed by atoms with Crippen LogP contribution in [0.3, 0.4) is 0 Å². The van der Waals surface area contributed by atoms with E-state index >= 15 is 0 Å². The van der Waals surface area contributed by atoms with Crippen molar-refractivity contribution >= 4 is 33.3 Å². The second-order valence-corrected chi connectivity index (χ2v) is 4.63. The monoisotopic (exact) mass is 256 g/mol. The van der Waals surface area contributed by atoms with Gasteiger partial charge in [-0.05, 0) is 12.1 Å². The van der Waals surface area contributed by atoms with Crippen LogP contribution in [0, 0.1) is 0 Å². The molecule has 0 unspecified atom stereocenters. The highest BCUT2D eigenvalue weighted by Gasteiger charge is 2.15. The minimum Gasteiger partial charge on any atom is -0.494 e. The van der Waals surface area contributed by atoms with Crippen molar-refractivity contribution in [3.8, 4) is 5.75 Å². The minimum atomic E-state index is -4.30. The highest BCUT2D eigenvalue weighted by molar-refractivity contribution is 7.85. The maximum atomic E-state index is 10.7. The maximum Gasteiger partial charge on any atom is 0.294 e. The third-order valence-corrected chi connectivity index (χ3v) is 2.87. The number of hydrogen-bond donors (Lipinski definition) is 1. The molecule has 0 atom stereocenters. The van der Waals surface area contributed by atoms with Gasteiger partial charge in [-0.25, -0.2) is 0 Å². The van der Waals surface area contributed by atoms with E-state index in [0.717, 1.165) is 12.1 Å². The molecule has 0 saturated carbocycles. The van der Waals surface area contributed by atoms with Crippen LogP contribution in [0.5, 0.6) is 5.75 Å². The lowest BCUT2D eigenvalue weighted by Crippen LogP contribution is -1.98. The van der Waals surface area contributed by atoms with Gasteiger partial charge in [-0.3, -0.25) is 4.55 Å². The van der Waals surface area contributed by atoms with Crippen LogP contribution in [0.15, 0.2) is 17.0 Å². The Balaban J connectivity index is 3.43. The molecule has 0 spiro atoms. The summed E-state index contributed by atoms with van der Waals surface area (Å²) in [6.45, 7) is 0. The predicted molar refractivity (Wildman–Crippen MR) is 52.8 cm³/mol. The Labute approximate surface area is 91.1 Å². The van der Waals surface area contributed by atoms with Gasteiger partial charge in [0.25, 0.3) is 10.1 Å². The van der Waals surface area contributed by atoms with Crippen molar-refractivity contribution in [3.63, 3.8) is 0 Å². The van der Waals surface area contributed by atoms with Crippen molar-refractivity contribution in [2.24, 2.45) is 0 Å². The summed E-state index contributed by atoms with van der Waals surface area (Å²) in [6.07, 6.45) is 0.